The first-order chi connectivity index (χ1) is 10.6. The molecule has 1 aliphatic rings. The monoisotopic (exact) mass is 303 g/mol. The molecule has 0 saturated carbocycles. The Morgan fingerprint density at radius 1 is 1.23 bits per heavy atom. The predicted molar refractivity (Wildman–Crippen MR) is 78.2 cm³/mol. The summed E-state index contributed by atoms with van der Waals surface area (Å²) in [7, 11) is 0. The number of rotatable bonds is 5. The van der Waals surface area contributed by atoms with Crippen molar-refractivity contribution in [3.63, 3.8) is 0 Å². The van der Waals surface area contributed by atoms with Crippen molar-refractivity contribution in [1.82, 2.24) is 5.32 Å². The molecular formula is C16H17NO5. The lowest BCUT2D eigenvalue weighted by Gasteiger charge is -2.06. The number of hydrogen-bond donors (Lipinski definition) is 1. The van der Waals surface area contributed by atoms with Crippen LogP contribution in [0.25, 0.3) is 0 Å². The maximum absolute atomic E-state index is 11.8. The minimum Gasteiger partial charge on any atom is -0.486 e. The summed E-state index contributed by atoms with van der Waals surface area (Å²) >= 11 is 0. The van der Waals surface area contributed by atoms with Crippen LogP contribution in [-0.2, 0) is 6.61 Å². The van der Waals surface area contributed by atoms with Gasteiger partial charge in [0.1, 0.15) is 18.1 Å². The molecule has 1 N–H and O–H groups in total. The van der Waals surface area contributed by atoms with E-state index in [1.54, 1.807) is 30.3 Å². The van der Waals surface area contributed by atoms with Crippen LogP contribution in [0.2, 0.25) is 0 Å². The highest BCUT2D eigenvalue weighted by atomic mass is 16.7. The molecule has 6 nitrogen and oxygen atoms in total. The molecule has 2 heterocycles. The highest BCUT2D eigenvalue weighted by Gasteiger charge is 2.15. The number of amides is 1. The number of hydrogen-bond acceptors (Lipinski definition) is 5. The zero-order valence-electron chi connectivity index (χ0n) is 12.4. The van der Waals surface area contributed by atoms with Gasteiger partial charge in [0.05, 0.1) is 0 Å². The third-order valence-electron chi connectivity index (χ3n) is 3.03. The van der Waals surface area contributed by atoms with Gasteiger partial charge in [-0.15, -0.1) is 0 Å². The van der Waals surface area contributed by atoms with E-state index in [1.807, 2.05) is 13.8 Å². The number of carbonyl (C=O) groups is 1. The van der Waals surface area contributed by atoms with E-state index in [4.69, 9.17) is 18.6 Å². The van der Waals surface area contributed by atoms with Gasteiger partial charge in [-0.3, -0.25) is 4.79 Å². The molecule has 116 valence electrons. The number of carbonyl (C=O) groups excluding carboxylic acids is 1. The van der Waals surface area contributed by atoms with Gasteiger partial charge in [0.25, 0.3) is 5.91 Å². The number of nitrogens with one attached hydrogen (secondary N) is 1. The molecule has 0 unspecified atom stereocenters. The molecule has 1 amide bonds. The second-order valence-corrected chi connectivity index (χ2v) is 5.20. The lowest BCUT2D eigenvalue weighted by Crippen LogP contribution is -2.29. The fraction of sp³-hybridized carbons (Fsp3) is 0.312. The molecule has 0 radical (unpaired) electrons. The molecule has 0 fully saturated rings. The van der Waals surface area contributed by atoms with Gasteiger partial charge in [0, 0.05) is 12.1 Å². The zero-order chi connectivity index (χ0) is 15.5. The minimum absolute atomic E-state index is 0.0610. The predicted octanol–water partition coefficient (Wildman–Crippen LogP) is 2.73. The largest absolute Gasteiger partial charge is 0.486 e. The lowest BCUT2D eigenvalue weighted by atomic mass is 10.3. The van der Waals surface area contributed by atoms with Crippen molar-refractivity contribution < 1.29 is 23.4 Å². The van der Waals surface area contributed by atoms with Crippen LogP contribution in [0.15, 0.2) is 34.7 Å². The van der Waals surface area contributed by atoms with Crippen LogP contribution < -0.4 is 19.5 Å². The number of fused-ring (bicyclic) bond motifs is 1. The summed E-state index contributed by atoms with van der Waals surface area (Å²) in [4.78, 5) is 11.8. The highest BCUT2D eigenvalue weighted by Crippen LogP contribution is 2.35. The Hall–Kier alpha value is -2.63. The van der Waals surface area contributed by atoms with Crippen LogP contribution >= 0.6 is 0 Å². The Kier molecular flexibility index (Phi) is 3.91. The van der Waals surface area contributed by atoms with Crippen molar-refractivity contribution in [2.75, 3.05) is 6.79 Å². The van der Waals surface area contributed by atoms with Crippen molar-refractivity contribution in [2.45, 2.75) is 26.5 Å². The number of ether oxygens (including phenoxy) is 3. The average molecular weight is 303 g/mol. The molecule has 0 atom stereocenters. The van der Waals surface area contributed by atoms with Gasteiger partial charge in [-0.1, -0.05) is 0 Å². The second kappa shape index (κ2) is 6.01. The Balaban J connectivity index is 1.60. The normalized spacial score (nSPS) is 12.5. The van der Waals surface area contributed by atoms with E-state index in [1.165, 1.54) is 0 Å². The van der Waals surface area contributed by atoms with E-state index in [2.05, 4.69) is 5.32 Å². The summed E-state index contributed by atoms with van der Waals surface area (Å²) in [6, 6.07) is 8.77. The quantitative estimate of drug-likeness (QED) is 0.919. The number of furan rings is 1. The van der Waals surface area contributed by atoms with Gasteiger partial charge in [0.2, 0.25) is 6.79 Å². The van der Waals surface area contributed by atoms with Crippen LogP contribution in [0, 0.1) is 0 Å². The summed E-state index contributed by atoms with van der Waals surface area (Å²) in [6.07, 6.45) is 0. The summed E-state index contributed by atoms with van der Waals surface area (Å²) < 4.78 is 21.6. The Labute approximate surface area is 128 Å². The third-order valence-corrected chi connectivity index (χ3v) is 3.03. The summed E-state index contributed by atoms with van der Waals surface area (Å²) in [5, 5.41) is 2.77. The first-order valence-electron chi connectivity index (χ1n) is 7.04. The number of benzene rings is 1. The SMILES string of the molecule is CC(C)NC(=O)c1ccc(COc2ccc3c(c2)OCO3)o1. The summed E-state index contributed by atoms with van der Waals surface area (Å²) in [6.45, 7) is 4.24. The van der Waals surface area contributed by atoms with Crippen molar-refractivity contribution in [1.29, 1.82) is 0 Å². The van der Waals surface area contributed by atoms with E-state index in [0.29, 0.717) is 23.0 Å². The van der Waals surface area contributed by atoms with Crippen LogP contribution in [0.1, 0.15) is 30.2 Å². The van der Waals surface area contributed by atoms with E-state index >= 15 is 0 Å². The van der Waals surface area contributed by atoms with E-state index in [-0.39, 0.29) is 31.1 Å². The van der Waals surface area contributed by atoms with E-state index in [9.17, 15) is 4.79 Å². The molecule has 2 aromatic rings. The Bertz CT molecular complexity index is 677. The minimum atomic E-state index is -0.232. The molecule has 0 aliphatic carbocycles. The van der Waals surface area contributed by atoms with Crippen LogP contribution in [-0.4, -0.2) is 18.7 Å². The fourth-order valence-electron chi connectivity index (χ4n) is 2.03. The Morgan fingerprint density at radius 3 is 2.86 bits per heavy atom. The first kappa shape index (κ1) is 14.3. The zero-order valence-corrected chi connectivity index (χ0v) is 12.4. The molecule has 1 aromatic heterocycles. The molecule has 0 bridgehead atoms. The van der Waals surface area contributed by atoms with Gasteiger partial charge in [-0.2, -0.15) is 0 Å². The summed E-state index contributed by atoms with van der Waals surface area (Å²) in [5.41, 5.74) is 0. The Morgan fingerprint density at radius 2 is 2.05 bits per heavy atom. The lowest BCUT2D eigenvalue weighted by molar-refractivity contribution is 0.0911. The first-order valence-corrected chi connectivity index (χ1v) is 7.04. The van der Waals surface area contributed by atoms with Gasteiger partial charge >= 0.3 is 0 Å². The molecular weight excluding hydrogens is 286 g/mol. The second-order valence-electron chi connectivity index (χ2n) is 5.20. The third kappa shape index (κ3) is 3.16. The maximum Gasteiger partial charge on any atom is 0.287 e. The molecule has 1 aliphatic heterocycles. The van der Waals surface area contributed by atoms with Crippen LogP contribution in [0.5, 0.6) is 17.2 Å². The van der Waals surface area contributed by atoms with Crippen molar-refractivity contribution in [2.24, 2.45) is 0 Å². The van der Waals surface area contributed by atoms with E-state index < -0.39 is 0 Å². The topological polar surface area (TPSA) is 69.9 Å². The molecule has 3 rings (SSSR count). The van der Waals surface area contributed by atoms with Crippen molar-refractivity contribution >= 4 is 5.91 Å². The van der Waals surface area contributed by atoms with Gasteiger partial charge in [-0.05, 0) is 38.1 Å². The maximum atomic E-state index is 11.8. The van der Waals surface area contributed by atoms with Crippen LogP contribution in [0.3, 0.4) is 0 Å². The smallest absolute Gasteiger partial charge is 0.287 e. The molecule has 1 aromatic carbocycles. The molecule has 0 saturated heterocycles. The van der Waals surface area contributed by atoms with Crippen molar-refractivity contribution in [3.8, 4) is 17.2 Å². The van der Waals surface area contributed by atoms with E-state index in [0.717, 1.165) is 0 Å². The van der Waals surface area contributed by atoms with Gasteiger partial charge < -0.3 is 23.9 Å². The highest BCUT2D eigenvalue weighted by molar-refractivity contribution is 5.91. The van der Waals surface area contributed by atoms with Crippen molar-refractivity contribution in [3.05, 3.63) is 41.9 Å². The van der Waals surface area contributed by atoms with Gasteiger partial charge in [0.15, 0.2) is 17.3 Å². The van der Waals surface area contributed by atoms with Crippen LogP contribution in [0.4, 0.5) is 0 Å². The molecule has 6 heteroatoms. The van der Waals surface area contributed by atoms with Gasteiger partial charge in [-0.25, -0.2) is 0 Å². The average Bonchev–Trinajstić information content (AvgIpc) is 3.13. The fourth-order valence-corrected chi connectivity index (χ4v) is 2.03. The molecule has 0 spiro atoms. The molecule has 22 heavy (non-hydrogen) atoms. The standard InChI is InChI=1S/C16H17NO5/c1-10(2)17-16(18)14-6-4-12(22-14)8-19-11-3-5-13-15(7-11)21-9-20-13/h3-7,10H,8-9H2,1-2H3,(H,17,18). The summed E-state index contributed by atoms with van der Waals surface area (Å²) in [5.74, 6) is 2.63.